The van der Waals surface area contributed by atoms with Gasteiger partial charge in [0.05, 0.1) is 39.3 Å². The standard InChI is InChI=1S/C20H20ClFN4O4S/c1-2-9-31(28,29)26-15-6-4-13(21)18(19(15)22)20(27)12-3-5-14-16(10-12)25-17(11-24-14)30-8-7-23/h3-6,10-11,26H,2,7-9,23H2,1H3. The van der Waals surface area contributed by atoms with Crippen molar-refractivity contribution in [2.45, 2.75) is 13.3 Å². The normalized spacial score (nSPS) is 11.5. The SMILES string of the molecule is CCCS(=O)(=O)Nc1ccc(Cl)c(C(=O)c2ccc3ncc(OCCN)nc3c2)c1F. The Morgan fingerprint density at radius 2 is 2.03 bits per heavy atom. The molecule has 0 spiro atoms. The molecule has 0 atom stereocenters. The van der Waals surface area contributed by atoms with Gasteiger partial charge in [-0.25, -0.2) is 22.8 Å². The van der Waals surface area contributed by atoms with Crippen LogP contribution >= 0.6 is 11.6 Å². The number of hydrogen-bond donors (Lipinski definition) is 2. The zero-order valence-electron chi connectivity index (χ0n) is 16.6. The van der Waals surface area contributed by atoms with Crippen molar-refractivity contribution in [2.24, 2.45) is 5.73 Å². The fourth-order valence-corrected chi connectivity index (χ4v) is 4.20. The molecule has 164 valence electrons. The number of rotatable bonds is 9. The van der Waals surface area contributed by atoms with E-state index in [1.54, 1.807) is 13.0 Å². The van der Waals surface area contributed by atoms with Gasteiger partial charge in [0.2, 0.25) is 15.9 Å². The van der Waals surface area contributed by atoms with E-state index in [9.17, 15) is 13.2 Å². The average Bonchev–Trinajstić information content (AvgIpc) is 2.73. The van der Waals surface area contributed by atoms with E-state index in [1.165, 1.54) is 30.5 Å². The van der Waals surface area contributed by atoms with Crippen LogP contribution in [0, 0.1) is 5.82 Å². The van der Waals surface area contributed by atoms with E-state index >= 15 is 4.39 Å². The van der Waals surface area contributed by atoms with Crippen LogP contribution in [-0.2, 0) is 10.0 Å². The summed E-state index contributed by atoms with van der Waals surface area (Å²) in [7, 11) is -3.75. The number of nitrogens with one attached hydrogen (secondary N) is 1. The van der Waals surface area contributed by atoms with Crippen LogP contribution < -0.4 is 15.2 Å². The van der Waals surface area contributed by atoms with Crippen LogP contribution in [0.5, 0.6) is 5.88 Å². The van der Waals surface area contributed by atoms with E-state index in [0.717, 1.165) is 0 Å². The Bertz CT molecular complexity index is 1240. The molecule has 0 aliphatic heterocycles. The summed E-state index contributed by atoms with van der Waals surface area (Å²) in [5.74, 6) is -1.73. The molecule has 0 aliphatic rings. The summed E-state index contributed by atoms with van der Waals surface area (Å²) >= 11 is 6.08. The van der Waals surface area contributed by atoms with Gasteiger partial charge in [0.1, 0.15) is 6.61 Å². The third-order valence-electron chi connectivity index (χ3n) is 4.21. The van der Waals surface area contributed by atoms with Gasteiger partial charge in [-0.3, -0.25) is 9.52 Å². The van der Waals surface area contributed by atoms with E-state index in [1.807, 2.05) is 0 Å². The van der Waals surface area contributed by atoms with Crippen LogP contribution in [0.2, 0.25) is 5.02 Å². The molecule has 3 N–H and O–H groups in total. The highest BCUT2D eigenvalue weighted by molar-refractivity contribution is 7.92. The lowest BCUT2D eigenvalue weighted by molar-refractivity contribution is 0.103. The lowest BCUT2D eigenvalue weighted by atomic mass is 10.0. The molecule has 0 amide bonds. The van der Waals surface area contributed by atoms with E-state index in [-0.39, 0.29) is 34.5 Å². The summed E-state index contributed by atoms with van der Waals surface area (Å²) in [5.41, 5.74) is 5.58. The zero-order valence-corrected chi connectivity index (χ0v) is 18.1. The molecule has 0 fully saturated rings. The molecule has 11 heteroatoms. The van der Waals surface area contributed by atoms with Gasteiger partial charge in [-0.05, 0) is 36.8 Å². The molecule has 3 rings (SSSR count). The maximum Gasteiger partial charge on any atom is 0.232 e. The van der Waals surface area contributed by atoms with Crippen LogP contribution in [0.25, 0.3) is 11.0 Å². The molecular formula is C20H20ClFN4O4S. The van der Waals surface area contributed by atoms with E-state index in [0.29, 0.717) is 24.0 Å². The largest absolute Gasteiger partial charge is 0.475 e. The van der Waals surface area contributed by atoms with Crippen molar-refractivity contribution >= 4 is 44.1 Å². The summed E-state index contributed by atoms with van der Waals surface area (Å²) < 4.78 is 46.6. The number of benzene rings is 2. The van der Waals surface area contributed by atoms with Crippen molar-refractivity contribution < 1.29 is 22.3 Å². The van der Waals surface area contributed by atoms with Crippen molar-refractivity contribution in [3.8, 4) is 5.88 Å². The number of nitrogens with zero attached hydrogens (tertiary/aromatic N) is 2. The second-order valence-corrected chi connectivity index (χ2v) is 8.83. The van der Waals surface area contributed by atoms with Gasteiger partial charge >= 0.3 is 0 Å². The van der Waals surface area contributed by atoms with Gasteiger partial charge in [0, 0.05) is 12.1 Å². The van der Waals surface area contributed by atoms with Crippen LogP contribution in [0.1, 0.15) is 29.3 Å². The number of carbonyl (C=O) groups excluding carboxylic acids is 1. The van der Waals surface area contributed by atoms with E-state index in [2.05, 4.69) is 14.7 Å². The molecular weight excluding hydrogens is 447 g/mol. The Morgan fingerprint density at radius 1 is 1.26 bits per heavy atom. The molecule has 0 saturated heterocycles. The number of halogens is 2. The van der Waals surface area contributed by atoms with Crippen LogP contribution in [0.3, 0.4) is 0 Å². The van der Waals surface area contributed by atoms with E-state index < -0.39 is 27.2 Å². The molecule has 0 bridgehead atoms. The Labute approximate surface area is 183 Å². The number of aromatic nitrogens is 2. The molecule has 2 aromatic carbocycles. The number of ketones is 1. The molecule has 31 heavy (non-hydrogen) atoms. The van der Waals surface area contributed by atoms with Crippen LogP contribution in [0.15, 0.2) is 36.5 Å². The Balaban J connectivity index is 2.00. The Kier molecular flexibility index (Phi) is 7.04. The first-order valence-corrected chi connectivity index (χ1v) is 11.4. The lowest BCUT2D eigenvalue weighted by Crippen LogP contribution is -2.18. The number of hydrogen-bond acceptors (Lipinski definition) is 7. The van der Waals surface area contributed by atoms with Crippen molar-refractivity contribution in [1.82, 2.24) is 9.97 Å². The molecule has 0 unspecified atom stereocenters. The average molecular weight is 467 g/mol. The van der Waals surface area contributed by atoms with Crippen LogP contribution in [0.4, 0.5) is 10.1 Å². The molecule has 1 aromatic heterocycles. The summed E-state index contributed by atoms with van der Waals surface area (Å²) in [5, 5.41) is -0.146. The minimum absolute atomic E-state index is 0.104. The predicted octanol–water partition coefficient (Wildman–Crippen LogP) is 3.14. The van der Waals surface area contributed by atoms with E-state index in [4.69, 9.17) is 22.1 Å². The zero-order chi connectivity index (χ0) is 22.6. The van der Waals surface area contributed by atoms with Crippen molar-refractivity contribution in [3.63, 3.8) is 0 Å². The monoisotopic (exact) mass is 466 g/mol. The third kappa shape index (κ3) is 5.27. The molecule has 1 heterocycles. The highest BCUT2D eigenvalue weighted by Crippen LogP contribution is 2.29. The van der Waals surface area contributed by atoms with Gasteiger partial charge in [-0.15, -0.1) is 0 Å². The lowest BCUT2D eigenvalue weighted by Gasteiger charge is -2.12. The Morgan fingerprint density at radius 3 is 2.74 bits per heavy atom. The maximum absolute atomic E-state index is 15.1. The number of fused-ring (bicyclic) bond motifs is 1. The van der Waals surface area contributed by atoms with Crippen molar-refractivity contribution in [3.05, 3.63) is 58.5 Å². The summed E-state index contributed by atoms with van der Waals surface area (Å²) in [6, 6.07) is 6.89. The van der Waals surface area contributed by atoms with Gasteiger partial charge in [-0.2, -0.15) is 0 Å². The molecule has 0 aliphatic carbocycles. The first kappa shape index (κ1) is 22.9. The maximum atomic E-state index is 15.1. The smallest absolute Gasteiger partial charge is 0.232 e. The fourth-order valence-electron chi connectivity index (χ4n) is 2.84. The van der Waals surface area contributed by atoms with Gasteiger partial charge in [0.25, 0.3) is 0 Å². The molecule has 0 radical (unpaired) electrons. The molecule has 0 saturated carbocycles. The van der Waals surface area contributed by atoms with Crippen LogP contribution in [-0.4, -0.2) is 43.1 Å². The first-order chi connectivity index (χ1) is 14.8. The number of anilines is 1. The Hall–Kier alpha value is -2.82. The minimum atomic E-state index is -3.75. The van der Waals surface area contributed by atoms with Crippen molar-refractivity contribution in [1.29, 1.82) is 0 Å². The molecule has 8 nitrogen and oxygen atoms in total. The minimum Gasteiger partial charge on any atom is -0.475 e. The quantitative estimate of drug-likeness (QED) is 0.464. The summed E-state index contributed by atoms with van der Waals surface area (Å²) in [4.78, 5) is 21.5. The van der Waals surface area contributed by atoms with Crippen molar-refractivity contribution in [2.75, 3.05) is 23.6 Å². The predicted molar refractivity (Wildman–Crippen MR) is 117 cm³/mol. The van der Waals surface area contributed by atoms with Gasteiger partial charge in [-0.1, -0.05) is 18.5 Å². The number of carbonyl (C=O) groups is 1. The molecule has 3 aromatic rings. The third-order valence-corrected chi connectivity index (χ3v) is 6.00. The van der Waals surface area contributed by atoms with Gasteiger partial charge in [0.15, 0.2) is 11.6 Å². The highest BCUT2D eigenvalue weighted by atomic mass is 35.5. The summed E-state index contributed by atoms with van der Waals surface area (Å²) in [6.45, 7) is 2.23. The van der Waals surface area contributed by atoms with Gasteiger partial charge < -0.3 is 10.5 Å². The number of ether oxygens (including phenoxy) is 1. The second kappa shape index (κ2) is 9.54. The fraction of sp³-hybridized carbons (Fsp3) is 0.250. The summed E-state index contributed by atoms with van der Waals surface area (Å²) in [6.07, 6.45) is 1.79. The topological polar surface area (TPSA) is 124 Å². The highest BCUT2D eigenvalue weighted by Gasteiger charge is 2.23. The number of nitrogens with two attached hydrogens (primary N) is 1. The number of sulfonamides is 1. The second-order valence-electron chi connectivity index (χ2n) is 6.58. The first-order valence-electron chi connectivity index (χ1n) is 9.38.